The molecule has 3 heteroatoms. The van der Waals surface area contributed by atoms with Gasteiger partial charge in [-0.05, 0) is 44.5 Å². The summed E-state index contributed by atoms with van der Waals surface area (Å²) in [4.78, 5) is 16.6. The summed E-state index contributed by atoms with van der Waals surface area (Å²) in [6.07, 6.45) is 0.543. The quantitative estimate of drug-likeness (QED) is 0.811. The second-order valence-corrected chi connectivity index (χ2v) is 5.74. The van der Waals surface area contributed by atoms with E-state index in [1.54, 1.807) is 0 Å². The van der Waals surface area contributed by atoms with Crippen LogP contribution in [0.4, 0.5) is 0 Å². The van der Waals surface area contributed by atoms with E-state index in [1.165, 1.54) is 22.3 Å². The van der Waals surface area contributed by atoms with Crippen molar-refractivity contribution in [1.29, 1.82) is 0 Å². The molecule has 0 bridgehead atoms. The largest absolute Gasteiger partial charge is 0.340 e. The minimum atomic E-state index is 0.267. The molecule has 0 N–H and O–H groups in total. The zero-order valence-corrected chi connectivity index (χ0v) is 12.5. The molecular weight excluding hydrogens is 236 g/mol. The van der Waals surface area contributed by atoms with Crippen LogP contribution in [0.1, 0.15) is 22.3 Å². The number of hydrogen-bond acceptors (Lipinski definition) is 2. The number of carbonyl (C=O) groups is 1. The van der Waals surface area contributed by atoms with Crippen LogP contribution in [-0.2, 0) is 11.2 Å². The SMILES string of the molecule is Cc1cc(C)c(CC(=O)N2CCN(C)CC2)c(C)c1. The molecule has 0 aliphatic carbocycles. The Morgan fingerprint density at radius 3 is 2.11 bits per heavy atom. The summed E-state index contributed by atoms with van der Waals surface area (Å²) in [6.45, 7) is 10.00. The number of hydrogen-bond donors (Lipinski definition) is 0. The molecule has 0 radical (unpaired) electrons. The van der Waals surface area contributed by atoms with E-state index in [1.807, 2.05) is 4.90 Å². The van der Waals surface area contributed by atoms with Crippen molar-refractivity contribution in [2.45, 2.75) is 27.2 Å². The zero-order valence-electron chi connectivity index (χ0n) is 12.5. The Balaban J connectivity index is 2.07. The Morgan fingerprint density at radius 2 is 1.58 bits per heavy atom. The Kier molecular flexibility index (Phi) is 4.25. The molecule has 1 heterocycles. The highest BCUT2D eigenvalue weighted by atomic mass is 16.2. The molecule has 1 aromatic carbocycles. The van der Waals surface area contributed by atoms with Gasteiger partial charge in [-0.1, -0.05) is 17.7 Å². The Hall–Kier alpha value is -1.35. The van der Waals surface area contributed by atoms with Gasteiger partial charge >= 0.3 is 0 Å². The molecule has 1 aliphatic rings. The topological polar surface area (TPSA) is 23.6 Å². The molecule has 1 saturated heterocycles. The fourth-order valence-corrected chi connectivity index (χ4v) is 2.81. The highest BCUT2D eigenvalue weighted by Crippen LogP contribution is 2.18. The van der Waals surface area contributed by atoms with Gasteiger partial charge in [-0.2, -0.15) is 0 Å². The van der Waals surface area contributed by atoms with E-state index in [-0.39, 0.29) is 5.91 Å². The van der Waals surface area contributed by atoms with Gasteiger partial charge in [-0.3, -0.25) is 4.79 Å². The molecule has 0 atom stereocenters. The Labute approximate surface area is 116 Å². The molecular formula is C16H24N2O. The molecule has 1 amide bonds. The van der Waals surface area contributed by atoms with Crippen molar-refractivity contribution in [1.82, 2.24) is 9.80 Å². The smallest absolute Gasteiger partial charge is 0.227 e. The monoisotopic (exact) mass is 260 g/mol. The predicted molar refractivity (Wildman–Crippen MR) is 78.4 cm³/mol. The molecule has 1 aromatic rings. The van der Waals surface area contributed by atoms with Crippen LogP contribution in [0.2, 0.25) is 0 Å². The van der Waals surface area contributed by atoms with Gasteiger partial charge in [0.1, 0.15) is 0 Å². The van der Waals surface area contributed by atoms with E-state index in [2.05, 4.69) is 44.9 Å². The molecule has 0 spiro atoms. The Bertz CT molecular complexity index is 451. The first-order chi connectivity index (χ1) is 8.97. The van der Waals surface area contributed by atoms with Gasteiger partial charge in [0, 0.05) is 26.2 Å². The zero-order chi connectivity index (χ0) is 14.0. The van der Waals surface area contributed by atoms with Crippen molar-refractivity contribution in [3.05, 3.63) is 34.4 Å². The van der Waals surface area contributed by atoms with Crippen molar-refractivity contribution in [2.24, 2.45) is 0 Å². The van der Waals surface area contributed by atoms with Crippen LogP contribution in [0.5, 0.6) is 0 Å². The molecule has 0 aromatic heterocycles. The van der Waals surface area contributed by atoms with Gasteiger partial charge in [0.15, 0.2) is 0 Å². The van der Waals surface area contributed by atoms with Gasteiger partial charge in [-0.15, -0.1) is 0 Å². The molecule has 1 aliphatic heterocycles. The number of rotatable bonds is 2. The lowest BCUT2D eigenvalue weighted by atomic mass is 9.97. The number of benzene rings is 1. The van der Waals surface area contributed by atoms with Gasteiger partial charge < -0.3 is 9.80 Å². The van der Waals surface area contributed by atoms with Crippen LogP contribution < -0.4 is 0 Å². The second kappa shape index (κ2) is 5.74. The van der Waals surface area contributed by atoms with E-state index >= 15 is 0 Å². The maximum absolute atomic E-state index is 12.4. The van der Waals surface area contributed by atoms with Crippen molar-refractivity contribution in [3.8, 4) is 0 Å². The summed E-state index contributed by atoms with van der Waals surface area (Å²) >= 11 is 0. The van der Waals surface area contributed by atoms with E-state index in [4.69, 9.17) is 0 Å². The second-order valence-electron chi connectivity index (χ2n) is 5.74. The van der Waals surface area contributed by atoms with Crippen LogP contribution in [0.25, 0.3) is 0 Å². The third-order valence-corrected chi connectivity index (χ3v) is 4.02. The van der Waals surface area contributed by atoms with Crippen LogP contribution in [0.3, 0.4) is 0 Å². The molecule has 104 valence electrons. The number of likely N-dealkylation sites (N-methyl/N-ethyl adjacent to an activating group) is 1. The molecule has 19 heavy (non-hydrogen) atoms. The fourth-order valence-electron chi connectivity index (χ4n) is 2.81. The first-order valence-corrected chi connectivity index (χ1v) is 7.00. The molecule has 2 rings (SSSR count). The highest BCUT2D eigenvalue weighted by molar-refractivity contribution is 5.79. The van der Waals surface area contributed by atoms with Gasteiger partial charge in [-0.25, -0.2) is 0 Å². The summed E-state index contributed by atoms with van der Waals surface area (Å²) in [6, 6.07) is 4.33. The molecule has 1 fully saturated rings. The lowest BCUT2D eigenvalue weighted by Crippen LogP contribution is -2.47. The van der Waals surface area contributed by atoms with E-state index in [9.17, 15) is 4.79 Å². The number of carbonyl (C=O) groups excluding carboxylic acids is 1. The lowest BCUT2D eigenvalue weighted by molar-refractivity contribution is -0.132. The number of piperazine rings is 1. The number of aryl methyl sites for hydroxylation is 3. The lowest BCUT2D eigenvalue weighted by Gasteiger charge is -2.32. The normalized spacial score (nSPS) is 16.7. The maximum Gasteiger partial charge on any atom is 0.227 e. The summed E-state index contributed by atoms with van der Waals surface area (Å²) in [7, 11) is 2.11. The highest BCUT2D eigenvalue weighted by Gasteiger charge is 2.20. The molecule has 0 saturated carbocycles. The fraction of sp³-hybridized carbons (Fsp3) is 0.562. The maximum atomic E-state index is 12.4. The average molecular weight is 260 g/mol. The number of amides is 1. The third-order valence-electron chi connectivity index (χ3n) is 4.02. The number of nitrogens with zero attached hydrogens (tertiary/aromatic N) is 2. The van der Waals surface area contributed by atoms with Crippen LogP contribution in [-0.4, -0.2) is 48.9 Å². The third kappa shape index (κ3) is 3.35. The van der Waals surface area contributed by atoms with E-state index in [0.29, 0.717) is 6.42 Å². The Morgan fingerprint density at radius 1 is 1.05 bits per heavy atom. The minimum absolute atomic E-state index is 0.267. The minimum Gasteiger partial charge on any atom is -0.340 e. The van der Waals surface area contributed by atoms with E-state index in [0.717, 1.165) is 26.2 Å². The van der Waals surface area contributed by atoms with E-state index < -0.39 is 0 Å². The summed E-state index contributed by atoms with van der Waals surface area (Å²) < 4.78 is 0. The predicted octanol–water partition coefficient (Wildman–Crippen LogP) is 1.93. The first kappa shape index (κ1) is 14.1. The summed E-state index contributed by atoms with van der Waals surface area (Å²) in [5.41, 5.74) is 4.94. The van der Waals surface area contributed by atoms with Crippen molar-refractivity contribution in [3.63, 3.8) is 0 Å². The van der Waals surface area contributed by atoms with Crippen LogP contribution >= 0.6 is 0 Å². The average Bonchev–Trinajstić information content (AvgIpc) is 2.34. The summed E-state index contributed by atoms with van der Waals surface area (Å²) in [5.74, 6) is 0.267. The van der Waals surface area contributed by atoms with Gasteiger partial charge in [0.05, 0.1) is 6.42 Å². The first-order valence-electron chi connectivity index (χ1n) is 7.00. The van der Waals surface area contributed by atoms with Crippen molar-refractivity contribution >= 4 is 5.91 Å². The van der Waals surface area contributed by atoms with Crippen LogP contribution in [0, 0.1) is 20.8 Å². The van der Waals surface area contributed by atoms with Crippen molar-refractivity contribution in [2.75, 3.05) is 33.2 Å². The standard InChI is InChI=1S/C16H24N2O/c1-12-9-13(2)15(14(3)10-12)11-16(19)18-7-5-17(4)6-8-18/h9-10H,5-8,11H2,1-4H3. The molecule has 3 nitrogen and oxygen atoms in total. The summed E-state index contributed by atoms with van der Waals surface area (Å²) in [5, 5.41) is 0. The van der Waals surface area contributed by atoms with Gasteiger partial charge in [0.25, 0.3) is 0 Å². The molecule has 0 unspecified atom stereocenters. The van der Waals surface area contributed by atoms with Gasteiger partial charge in [0.2, 0.25) is 5.91 Å². The van der Waals surface area contributed by atoms with Crippen LogP contribution in [0.15, 0.2) is 12.1 Å². The van der Waals surface area contributed by atoms with Crippen molar-refractivity contribution < 1.29 is 4.79 Å².